The van der Waals surface area contributed by atoms with E-state index in [1.54, 1.807) is 0 Å². The monoisotopic (exact) mass is 610 g/mol. The van der Waals surface area contributed by atoms with Gasteiger partial charge in [0.05, 0.1) is 0 Å². The molecule has 0 unspecified atom stereocenters. The number of hydrogen-bond acceptors (Lipinski definition) is 0. The summed E-state index contributed by atoms with van der Waals surface area (Å²) in [5, 5.41) is 10.4. The lowest BCUT2D eigenvalue weighted by molar-refractivity contribution is 1.47. The zero-order valence-electron chi connectivity index (χ0n) is 24.0. The van der Waals surface area contributed by atoms with E-state index >= 15 is 0 Å². The van der Waals surface area contributed by atoms with Gasteiger partial charge in [0.1, 0.15) is 0 Å². The van der Waals surface area contributed by atoms with Crippen molar-refractivity contribution in [3.8, 4) is 44.5 Å². The van der Waals surface area contributed by atoms with Crippen LogP contribution in [0, 0.1) is 13.8 Å². The lowest BCUT2D eigenvalue weighted by atomic mass is 9.79. The first-order chi connectivity index (χ1) is 21.1. The molecule has 0 saturated carbocycles. The summed E-state index contributed by atoms with van der Waals surface area (Å²) in [7, 11) is 0. The largest absolute Gasteiger partial charge is 0.0616 e. The minimum Gasteiger partial charge on any atom is -0.0616 e. The Hall–Kier alpha value is -4.72. The molecule has 0 bridgehead atoms. The molecule has 8 aromatic carbocycles. The Bertz CT molecular complexity index is 2310. The molecule has 0 aromatic heterocycles. The predicted octanol–water partition coefficient (Wildman–Crippen LogP) is 12.7. The zero-order valence-corrected chi connectivity index (χ0v) is 25.6. The SMILES string of the molecule is Cc1ccc(-c2c3c(c(-c4ccc(C)cc4)c4c5ccccc5c5ccccc5c24)-c2ccc(Br)c4cccc-3c24)cc1. The molecule has 202 valence electrons. The van der Waals surface area contributed by atoms with Crippen molar-refractivity contribution in [1.29, 1.82) is 0 Å². The summed E-state index contributed by atoms with van der Waals surface area (Å²) >= 11 is 3.89. The quantitative estimate of drug-likeness (QED) is 0.171. The first-order valence-electron chi connectivity index (χ1n) is 14.9. The van der Waals surface area contributed by atoms with E-state index in [2.05, 4.69) is 157 Å². The zero-order chi connectivity index (χ0) is 28.8. The van der Waals surface area contributed by atoms with Crippen LogP contribution < -0.4 is 0 Å². The molecule has 0 radical (unpaired) electrons. The van der Waals surface area contributed by atoms with Crippen molar-refractivity contribution in [2.45, 2.75) is 13.8 Å². The molecule has 0 heterocycles. The molecule has 0 aliphatic heterocycles. The van der Waals surface area contributed by atoms with Gasteiger partial charge in [-0.05, 0) is 108 Å². The van der Waals surface area contributed by atoms with E-state index in [0.717, 1.165) is 4.47 Å². The molecule has 0 atom stereocenters. The fraction of sp³-hybridized carbons (Fsp3) is 0.0476. The molecule has 9 rings (SSSR count). The fourth-order valence-electron chi connectivity index (χ4n) is 7.50. The highest BCUT2D eigenvalue weighted by molar-refractivity contribution is 9.10. The minimum absolute atomic E-state index is 1.13. The highest BCUT2D eigenvalue weighted by Crippen LogP contribution is 2.60. The van der Waals surface area contributed by atoms with Crippen LogP contribution in [-0.4, -0.2) is 0 Å². The van der Waals surface area contributed by atoms with Crippen molar-refractivity contribution in [2.24, 2.45) is 0 Å². The second-order valence-corrected chi connectivity index (χ2v) is 12.8. The standard InChI is InChI=1S/C42H27Br/c1-24-14-18-26(19-15-24)36-39-30-10-5-3-8-28(30)29-9-4-6-11-31(29)40(39)37(27-20-16-25(2)17-21-27)42-34-22-23-35(43)32-12-7-13-33(38(32)34)41(36)42/h3-23H,1-2H3. The third-order valence-electron chi connectivity index (χ3n) is 9.39. The smallest absolute Gasteiger partial charge is 0.0254 e. The number of fused-ring (bicyclic) bond motifs is 9. The Labute approximate surface area is 259 Å². The maximum Gasteiger partial charge on any atom is 0.0254 e. The average Bonchev–Trinajstić information content (AvgIpc) is 3.38. The van der Waals surface area contributed by atoms with Gasteiger partial charge in [0.25, 0.3) is 0 Å². The molecular formula is C42H27Br. The minimum atomic E-state index is 1.13. The van der Waals surface area contributed by atoms with Crippen molar-refractivity contribution >= 4 is 59.0 Å². The molecule has 8 aromatic rings. The van der Waals surface area contributed by atoms with E-state index in [4.69, 9.17) is 0 Å². The summed E-state index contributed by atoms with van der Waals surface area (Å²) < 4.78 is 1.13. The van der Waals surface area contributed by atoms with Crippen LogP contribution in [0.3, 0.4) is 0 Å². The first-order valence-corrected chi connectivity index (χ1v) is 15.7. The molecule has 0 saturated heterocycles. The number of benzene rings is 8. The Kier molecular flexibility index (Phi) is 5.28. The van der Waals surface area contributed by atoms with Gasteiger partial charge in [-0.2, -0.15) is 0 Å². The second-order valence-electron chi connectivity index (χ2n) is 11.9. The van der Waals surface area contributed by atoms with E-state index in [1.165, 1.54) is 98.7 Å². The average molecular weight is 612 g/mol. The van der Waals surface area contributed by atoms with Gasteiger partial charge in [-0.3, -0.25) is 0 Å². The summed E-state index contributed by atoms with van der Waals surface area (Å²) in [5.74, 6) is 0. The van der Waals surface area contributed by atoms with Gasteiger partial charge in [-0.15, -0.1) is 0 Å². The van der Waals surface area contributed by atoms with E-state index in [0.29, 0.717) is 0 Å². The summed E-state index contributed by atoms with van der Waals surface area (Å²) in [6, 6.07) is 47.6. The summed E-state index contributed by atoms with van der Waals surface area (Å²) in [4.78, 5) is 0. The number of halogens is 1. The van der Waals surface area contributed by atoms with E-state index in [-0.39, 0.29) is 0 Å². The van der Waals surface area contributed by atoms with Crippen molar-refractivity contribution in [3.63, 3.8) is 0 Å². The van der Waals surface area contributed by atoms with Gasteiger partial charge in [0, 0.05) is 4.47 Å². The lowest BCUT2D eigenvalue weighted by Gasteiger charge is -2.23. The molecule has 43 heavy (non-hydrogen) atoms. The van der Waals surface area contributed by atoms with E-state index in [9.17, 15) is 0 Å². The fourth-order valence-corrected chi connectivity index (χ4v) is 7.97. The topological polar surface area (TPSA) is 0 Å². The van der Waals surface area contributed by atoms with Crippen LogP contribution in [0.2, 0.25) is 0 Å². The molecule has 0 amide bonds. The third kappa shape index (κ3) is 3.43. The van der Waals surface area contributed by atoms with Crippen LogP contribution in [-0.2, 0) is 0 Å². The maximum absolute atomic E-state index is 3.89. The number of hydrogen-bond donors (Lipinski definition) is 0. The van der Waals surface area contributed by atoms with Crippen LogP contribution in [0.1, 0.15) is 11.1 Å². The molecule has 0 nitrogen and oxygen atoms in total. The molecule has 0 fully saturated rings. The van der Waals surface area contributed by atoms with E-state index in [1.807, 2.05) is 0 Å². The number of rotatable bonds is 2. The van der Waals surface area contributed by atoms with Crippen LogP contribution in [0.15, 0.2) is 132 Å². The van der Waals surface area contributed by atoms with Crippen LogP contribution in [0.4, 0.5) is 0 Å². The molecular weight excluding hydrogens is 584 g/mol. The predicted molar refractivity (Wildman–Crippen MR) is 189 cm³/mol. The second kappa shape index (κ2) is 9.14. The van der Waals surface area contributed by atoms with Crippen LogP contribution >= 0.6 is 15.9 Å². The van der Waals surface area contributed by atoms with Crippen LogP contribution in [0.5, 0.6) is 0 Å². The van der Waals surface area contributed by atoms with Crippen molar-refractivity contribution in [3.05, 3.63) is 143 Å². The van der Waals surface area contributed by atoms with Gasteiger partial charge in [-0.25, -0.2) is 0 Å². The maximum atomic E-state index is 3.89. The number of aryl methyl sites for hydroxylation is 2. The van der Waals surface area contributed by atoms with Crippen LogP contribution in [0.25, 0.3) is 87.6 Å². The molecule has 1 aliphatic rings. The van der Waals surface area contributed by atoms with Gasteiger partial charge < -0.3 is 0 Å². The highest BCUT2D eigenvalue weighted by Gasteiger charge is 2.32. The first kappa shape index (κ1) is 24.8. The molecule has 1 heteroatoms. The van der Waals surface area contributed by atoms with Crippen molar-refractivity contribution < 1.29 is 0 Å². The van der Waals surface area contributed by atoms with Gasteiger partial charge in [-0.1, -0.05) is 148 Å². The van der Waals surface area contributed by atoms with Crippen molar-refractivity contribution in [2.75, 3.05) is 0 Å². The van der Waals surface area contributed by atoms with Gasteiger partial charge in [0.2, 0.25) is 0 Å². The van der Waals surface area contributed by atoms with E-state index < -0.39 is 0 Å². The normalized spacial score (nSPS) is 12.1. The Morgan fingerprint density at radius 2 is 0.791 bits per heavy atom. The van der Waals surface area contributed by atoms with Crippen molar-refractivity contribution in [1.82, 2.24) is 0 Å². The summed E-state index contributed by atoms with van der Waals surface area (Å²) in [5.41, 5.74) is 13.0. The summed E-state index contributed by atoms with van der Waals surface area (Å²) in [6.45, 7) is 4.34. The molecule has 1 aliphatic carbocycles. The Balaban J connectivity index is 1.65. The molecule has 0 spiro atoms. The summed E-state index contributed by atoms with van der Waals surface area (Å²) in [6.07, 6.45) is 0. The van der Waals surface area contributed by atoms with Gasteiger partial charge in [0.15, 0.2) is 0 Å². The highest BCUT2D eigenvalue weighted by atomic mass is 79.9. The lowest BCUT2D eigenvalue weighted by Crippen LogP contribution is -1.96. The third-order valence-corrected chi connectivity index (χ3v) is 10.1. The molecule has 0 N–H and O–H groups in total. The van der Waals surface area contributed by atoms with Gasteiger partial charge >= 0.3 is 0 Å². The Morgan fingerprint density at radius 1 is 0.349 bits per heavy atom. The Morgan fingerprint density at radius 3 is 1.30 bits per heavy atom.